The van der Waals surface area contributed by atoms with Crippen LogP contribution in [-0.2, 0) is 24.4 Å². The summed E-state index contributed by atoms with van der Waals surface area (Å²) in [5, 5.41) is 5.00. The average molecular weight is 438 g/mol. The number of aromatic nitrogens is 1. The van der Waals surface area contributed by atoms with Crippen molar-refractivity contribution in [1.29, 1.82) is 0 Å². The standard InChI is InChI=1S/C25H28ClN3O2/c26-21-4-1-18(2-5-21)14-27-15-20-17-29(22-6-7-22)24-8-3-19(13-23(24)25(20)30)16-28-9-11-31-12-10-28/h1-5,8,13,17,22,27H,6-7,9-12,14-16H2. The van der Waals surface area contributed by atoms with Gasteiger partial charge in [-0.3, -0.25) is 9.69 Å². The average Bonchev–Trinajstić information content (AvgIpc) is 3.63. The van der Waals surface area contributed by atoms with Crippen LogP contribution in [0.4, 0.5) is 0 Å². The lowest BCUT2D eigenvalue weighted by Crippen LogP contribution is -2.35. The summed E-state index contributed by atoms with van der Waals surface area (Å²) in [6.07, 6.45) is 4.44. The largest absolute Gasteiger partial charge is 0.379 e. The van der Waals surface area contributed by atoms with Gasteiger partial charge < -0.3 is 14.6 Å². The minimum atomic E-state index is 0.138. The highest BCUT2D eigenvalue weighted by molar-refractivity contribution is 6.30. The summed E-state index contributed by atoms with van der Waals surface area (Å²) < 4.78 is 7.77. The van der Waals surface area contributed by atoms with Crippen LogP contribution < -0.4 is 10.7 Å². The molecule has 1 saturated carbocycles. The van der Waals surface area contributed by atoms with E-state index >= 15 is 0 Å². The van der Waals surface area contributed by atoms with E-state index < -0.39 is 0 Å². The number of nitrogens with zero attached hydrogens (tertiary/aromatic N) is 2. The molecule has 1 aliphatic carbocycles. The van der Waals surface area contributed by atoms with Crippen molar-refractivity contribution >= 4 is 22.5 Å². The van der Waals surface area contributed by atoms with Gasteiger partial charge in [-0.15, -0.1) is 0 Å². The fourth-order valence-electron chi connectivity index (χ4n) is 4.30. The van der Waals surface area contributed by atoms with Gasteiger partial charge in [-0.05, 0) is 48.2 Å². The van der Waals surface area contributed by atoms with Gasteiger partial charge >= 0.3 is 0 Å². The zero-order valence-electron chi connectivity index (χ0n) is 17.6. The summed E-state index contributed by atoms with van der Waals surface area (Å²) >= 11 is 5.97. The maximum atomic E-state index is 13.4. The van der Waals surface area contributed by atoms with Gasteiger partial charge in [0.25, 0.3) is 0 Å². The molecule has 0 unspecified atom stereocenters. The third-order valence-electron chi connectivity index (χ3n) is 6.18. The molecule has 2 aromatic carbocycles. The second-order valence-electron chi connectivity index (χ2n) is 8.59. The van der Waals surface area contributed by atoms with E-state index in [4.69, 9.17) is 16.3 Å². The van der Waals surface area contributed by atoms with E-state index in [1.807, 2.05) is 24.3 Å². The Kier molecular flexibility index (Phi) is 6.10. The molecular weight excluding hydrogens is 410 g/mol. The summed E-state index contributed by atoms with van der Waals surface area (Å²) in [5.41, 5.74) is 4.37. The Morgan fingerprint density at radius 3 is 2.48 bits per heavy atom. The molecule has 2 heterocycles. The van der Waals surface area contributed by atoms with Gasteiger partial charge in [0.05, 0.1) is 18.7 Å². The molecule has 0 atom stereocenters. The molecule has 2 aliphatic rings. The molecule has 0 bridgehead atoms. The van der Waals surface area contributed by atoms with Crippen LogP contribution in [0.3, 0.4) is 0 Å². The van der Waals surface area contributed by atoms with Gasteiger partial charge in [0.15, 0.2) is 5.43 Å². The third-order valence-corrected chi connectivity index (χ3v) is 6.43. The number of benzene rings is 2. The highest BCUT2D eigenvalue weighted by atomic mass is 35.5. The highest BCUT2D eigenvalue weighted by Crippen LogP contribution is 2.37. The number of ether oxygens (including phenoxy) is 1. The SMILES string of the molecule is O=c1c(CNCc2ccc(Cl)cc2)cn(C2CC2)c2ccc(CN3CCOCC3)cc12. The molecular formula is C25H28ClN3O2. The summed E-state index contributed by atoms with van der Waals surface area (Å²) in [6.45, 7) is 5.57. The zero-order valence-corrected chi connectivity index (χ0v) is 18.4. The van der Waals surface area contributed by atoms with Crippen molar-refractivity contribution in [2.24, 2.45) is 0 Å². The quantitative estimate of drug-likeness (QED) is 0.604. The van der Waals surface area contributed by atoms with Crippen molar-refractivity contribution in [2.75, 3.05) is 26.3 Å². The Morgan fingerprint density at radius 1 is 1.00 bits per heavy atom. The summed E-state index contributed by atoms with van der Waals surface area (Å²) in [5.74, 6) is 0. The first-order valence-electron chi connectivity index (χ1n) is 11.1. The van der Waals surface area contributed by atoms with Crippen LogP contribution in [0.25, 0.3) is 10.9 Å². The minimum absolute atomic E-state index is 0.138. The second kappa shape index (κ2) is 9.13. The fraction of sp³-hybridized carbons (Fsp3) is 0.400. The number of morpholine rings is 1. The molecule has 5 rings (SSSR count). The monoisotopic (exact) mass is 437 g/mol. The Bertz CT molecular complexity index is 1120. The topological polar surface area (TPSA) is 46.5 Å². The van der Waals surface area contributed by atoms with E-state index in [1.54, 1.807) is 0 Å². The molecule has 31 heavy (non-hydrogen) atoms. The molecule has 5 nitrogen and oxygen atoms in total. The molecule has 0 radical (unpaired) electrons. The van der Waals surface area contributed by atoms with Crippen molar-refractivity contribution in [2.45, 2.75) is 38.5 Å². The Labute approximate surface area is 187 Å². The van der Waals surface area contributed by atoms with Crippen molar-refractivity contribution in [3.63, 3.8) is 0 Å². The normalized spacial score (nSPS) is 17.3. The predicted molar refractivity (Wildman–Crippen MR) is 125 cm³/mol. The van der Waals surface area contributed by atoms with Gasteiger partial charge in [0, 0.05) is 60.9 Å². The van der Waals surface area contributed by atoms with Crippen LogP contribution in [0, 0.1) is 0 Å². The van der Waals surface area contributed by atoms with Crippen LogP contribution in [0.5, 0.6) is 0 Å². The first kappa shape index (κ1) is 20.7. The highest BCUT2D eigenvalue weighted by Gasteiger charge is 2.25. The molecule has 0 spiro atoms. The smallest absolute Gasteiger partial charge is 0.193 e. The van der Waals surface area contributed by atoms with Crippen LogP contribution in [0.15, 0.2) is 53.5 Å². The van der Waals surface area contributed by atoms with E-state index in [0.29, 0.717) is 19.1 Å². The van der Waals surface area contributed by atoms with E-state index in [1.165, 1.54) is 18.4 Å². The molecule has 1 saturated heterocycles. The summed E-state index contributed by atoms with van der Waals surface area (Å²) in [6, 6.07) is 14.7. The molecule has 1 aromatic heterocycles. The summed E-state index contributed by atoms with van der Waals surface area (Å²) in [7, 11) is 0. The van der Waals surface area contributed by atoms with E-state index in [9.17, 15) is 4.79 Å². The first-order chi connectivity index (χ1) is 15.2. The molecule has 1 aliphatic heterocycles. The van der Waals surface area contributed by atoms with Crippen LogP contribution in [0.2, 0.25) is 5.02 Å². The molecule has 162 valence electrons. The van der Waals surface area contributed by atoms with Gasteiger partial charge in [-0.1, -0.05) is 29.8 Å². The van der Waals surface area contributed by atoms with Gasteiger partial charge in [0.1, 0.15) is 0 Å². The Balaban J connectivity index is 1.39. The second-order valence-corrected chi connectivity index (χ2v) is 9.03. The summed E-state index contributed by atoms with van der Waals surface area (Å²) in [4.78, 5) is 15.7. The maximum Gasteiger partial charge on any atom is 0.193 e. The number of fused-ring (bicyclic) bond motifs is 1. The van der Waals surface area contributed by atoms with Crippen molar-refractivity contribution in [3.05, 3.63) is 80.6 Å². The lowest BCUT2D eigenvalue weighted by Gasteiger charge is -2.26. The van der Waals surface area contributed by atoms with Gasteiger partial charge in [-0.25, -0.2) is 0 Å². The number of pyridine rings is 1. The Hall–Kier alpha value is -2.18. The molecule has 0 amide bonds. The lowest BCUT2D eigenvalue weighted by molar-refractivity contribution is 0.0342. The van der Waals surface area contributed by atoms with Crippen LogP contribution >= 0.6 is 11.6 Å². The predicted octanol–water partition coefficient (Wildman–Crippen LogP) is 4.11. The number of nitrogens with one attached hydrogen (secondary N) is 1. The molecule has 6 heteroatoms. The van der Waals surface area contributed by atoms with Crippen molar-refractivity contribution in [1.82, 2.24) is 14.8 Å². The van der Waals surface area contributed by atoms with Crippen molar-refractivity contribution < 1.29 is 4.74 Å². The third kappa shape index (κ3) is 4.85. The maximum absolute atomic E-state index is 13.4. The van der Waals surface area contributed by atoms with Crippen molar-refractivity contribution in [3.8, 4) is 0 Å². The fourth-order valence-corrected chi connectivity index (χ4v) is 4.43. The van der Waals surface area contributed by atoms with E-state index in [-0.39, 0.29) is 5.43 Å². The minimum Gasteiger partial charge on any atom is -0.379 e. The van der Waals surface area contributed by atoms with Crippen LogP contribution in [0.1, 0.15) is 35.6 Å². The van der Waals surface area contributed by atoms with Gasteiger partial charge in [-0.2, -0.15) is 0 Å². The first-order valence-corrected chi connectivity index (χ1v) is 11.5. The van der Waals surface area contributed by atoms with Crippen LogP contribution in [-0.4, -0.2) is 35.8 Å². The number of halogens is 1. The molecule has 3 aromatic rings. The lowest BCUT2D eigenvalue weighted by atomic mass is 10.1. The zero-order chi connectivity index (χ0) is 21.2. The number of hydrogen-bond acceptors (Lipinski definition) is 4. The molecule has 1 N–H and O–H groups in total. The van der Waals surface area contributed by atoms with E-state index in [2.05, 4.69) is 39.2 Å². The number of rotatable bonds is 7. The number of hydrogen-bond donors (Lipinski definition) is 1. The molecule has 2 fully saturated rings. The van der Waals surface area contributed by atoms with Gasteiger partial charge in [0.2, 0.25) is 0 Å². The van der Waals surface area contributed by atoms with E-state index in [0.717, 1.165) is 59.9 Å². The Morgan fingerprint density at radius 2 is 1.74 bits per heavy atom.